The Bertz CT molecular complexity index is 403. The molecule has 1 aromatic carbocycles. The molecule has 0 bridgehead atoms. The zero-order valence-corrected chi connectivity index (χ0v) is 9.28. The molecule has 1 heterocycles. The third-order valence-corrected chi connectivity index (χ3v) is 2.96. The summed E-state index contributed by atoms with van der Waals surface area (Å²) in [5.74, 6) is 0. The molecule has 2 heteroatoms. The van der Waals surface area contributed by atoms with Crippen LogP contribution in [0.25, 0.3) is 6.08 Å². The molecule has 0 N–H and O–H groups in total. The number of nitrogens with zero attached hydrogens (tertiary/aromatic N) is 1. The van der Waals surface area contributed by atoms with Gasteiger partial charge in [0, 0.05) is 18.0 Å². The molecule has 2 aromatic rings. The highest BCUT2D eigenvalue weighted by atomic mass is 32.1. The van der Waals surface area contributed by atoms with Crippen LogP contribution in [-0.4, -0.2) is 4.98 Å². The first-order chi connectivity index (χ1) is 7.45. The lowest BCUT2D eigenvalue weighted by Crippen LogP contribution is -1.79. The summed E-state index contributed by atoms with van der Waals surface area (Å²) >= 11 is 1.72. The molecule has 1 aromatic heterocycles. The second-order valence-electron chi connectivity index (χ2n) is 3.28. The van der Waals surface area contributed by atoms with E-state index in [-0.39, 0.29) is 0 Å². The quantitative estimate of drug-likeness (QED) is 0.756. The predicted molar refractivity (Wildman–Crippen MR) is 65.9 cm³/mol. The summed E-state index contributed by atoms with van der Waals surface area (Å²) in [6, 6.07) is 10.4. The Balaban J connectivity index is 1.81. The van der Waals surface area contributed by atoms with Crippen LogP contribution in [0.2, 0.25) is 0 Å². The van der Waals surface area contributed by atoms with Crippen molar-refractivity contribution in [3.05, 3.63) is 58.6 Å². The minimum absolute atomic E-state index is 1.04. The molecule has 0 aliphatic rings. The van der Waals surface area contributed by atoms with Crippen LogP contribution in [0, 0.1) is 0 Å². The van der Waals surface area contributed by atoms with Crippen molar-refractivity contribution in [1.29, 1.82) is 0 Å². The van der Waals surface area contributed by atoms with E-state index in [0.717, 1.165) is 12.8 Å². The Hall–Kier alpha value is -1.41. The topological polar surface area (TPSA) is 12.9 Å². The first-order valence-corrected chi connectivity index (χ1v) is 5.93. The lowest BCUT2D eigenvalue weighted by Gasteiger charge is -1.92. The second-order valence-corrected chi connectivity index (χ2v) is 4.26. The standard InChI is InChI=1S/C13H13NS/c1-2-6-12(7-3-1)8-4-5-9-13-14-10-11-15-13/h1-4,6-8,10-11H,5,9H2/b8-4+. The van der Waals surface area contributed by atoms with E-state index < -0.39 is 0 Å². The Morgan fingerprint density at radius 3 is 2.80 bits per heavy atom. The third kappa shape index (κ3) is 3.33. The summed E-state index contributed by atoms with van der Waals surface area (Å²) in [5, 5.41) is 3.24. The number of rotatable bonds is 4. The van der Waals surface area contributed by atoms with Crippen LogP contribution < -0.4 is 0 Å². The molecule has 0 amide bonds. The van der Waals surface area contributed by atoms with Gasteiger partial charge < -0.3 is 0 Å². The van der Waals surface area contributed by atoms with Crippen LogP contribution in [-0.2, 0) is 6.42 Å². The monoisotopic (exact) mass is 215 g/mol. The van der Waals surface area contributed by atoms with Gasteiger partial charge >= 0.3 is 0 Å². The third-order valence-electron chi connectivity index (χ3n) is 2.12. The Labute approximate surface area is 94.1 Å². The lowest BCUT2D eigenvalue weighted by molar-refractivity contribution is 0.984. The average Bonchev–Trinajstić information content (AvgIpc) is 2.79. The summed E-state index contributed by atoms with van der Waals surface area (Å²) in [6.07, 6.45) is 8.33. The maximum Gasteiger partial charge on any atom is 0.0927 e. The van der Waals surface area contributed by atoms with Crippen molar-refractivity contribution in [2.75, 3.05) is 0 Å². The molecule has 0 spiro atoms. The number of aromatic nitrogens is 1. The zero-order valence-electron chi connectivity index (χ0n) is 8.47. The molecule has 0 fully saturated rings. The van der Waals surface area contributed by atoms with Crippen molar-refractivity contribution in [3.8, 4) is 0 Å². The highest BCUT2D eigenvalue weighted by molar-refractivity contribution is 7.09. The highest BCUT2D eigenvalue weighted by Crippen LogP contribution is 2.08. The van der Waals surface area contributed by atoms with Gasteiger partial charge in [-0.3, -0.25) is 0 Å². The van der Waals surface area contributed by atoms with Crippen molar-refractivity contribution in [2.45, 2.75) is 12.8 Å². The summed E-state index contributed by atoms with van der Waals surface area (Å²) in [6.45, 7) is 0. The fourth-order valence-electron chi connectivity index (χ4n) is 1.37. The molecule has 76 valence electrons. The molecule has 1 nitrogen and oxygen atoms in total. The summed E-state index contributed by atoms with van der Waals surface area (Å²) in [7, 11) is 0. The van der Waals surface area contributed by atoms with E-state index in [2.05, 4.69) is 41.4 Å². The molecule has 0 aliphatic carbocycles. The van der Waals surface area contributed by atoms with E-state index >= 15 is 0 Å². The zero-order chi connectivity index (χ0) is 10.3. The number of hydrogen-bond acceptors (Lipinski definition) is 2. The van der Waals surface area contributed by atoms with Gasteiger partial charge in [0.1, 0.15) is 0 Å². The van der Waals surface area contributed by atoms with Gasteiger partial charge in [-0.05, 0) is 12.0 Å². The number of aryl methyl sites for hydroxylation is 1. The smallest absolute Gasteiger partial charge is 0.0927 e. The molecule has 0 radical (unpaired) electrons. The minimum Gasteiger partial charge on any atom is -0.250 e. The van der Waals surface area contributed by atoms with E-state index in [1.165, 1.54) is 10.6 Å². The van der Waals surface area contributed by atoms with E-state index in [0.29, 0.717) is 0 Å². The first kappa shape index (κ1) is 10.1. The summed E-state index contributed by atoms with van der Waals surface area (Å²) in [4.78, 5) is 4.25. The highest BCUT2D eigenvalue weighted by Gasteiger charge is 1.91. The number of hydrogen-bond donors (Lipinski definition) is 0. The predicted octanol–water partition coefficient (Wildman–Crippen LogP) is 3.79. The molecular weight excluding hydrogens is 202 g/mol. The average molecular weight is 215 g/mol. The van der Waals surface area contributed by atoms with E-state index in [9.17, 15) is 0 Å². The van der Waals surface area contributed by atoms with E-state index in [4.69, 9.17) is 0 Å². The lowest BCUT2D eigenvalue weighted by atomic mass is 10.2. The van der Waals surface area contributed by atoms with Gasteiger partial charge in [-0.25, -0.2) is 4.98 Å². The van der Waals surface area contributed by atoms with Gasteiger partial charge in [0.15, 0.2) is 0 Å². The van der Waals surface area contributed by atoms with Crippen LogP contribution in [0.15, 0.2) is 48.0 Å². The minimum atomic E-state index is 1.04. The first-order valence-electron chi connectivity index (χ1n) is 5.05. The normalized spacial score (nSPS) is 10.9. The van der Waals surface area contributed by atoms with Crippen molar-refractivity contribution < 1.29 is 0 Å². The number of benzene rings is 1. The fraction of sp³-hybridized carbons (Fsp3) is 0.154. The molecule has 0 unspecified atom stereocenters. The molecule has 15 heavy (non-hydrogen) atoms. The van der Waals surface area contributed by atoms with Gasteiger partial charge in [-0.2, -0.15) is 0 Å². The van der Waals surface area contributed by atoms with Crippen LogP contribution in [0.3, 0.4) is 0 Å². The van der Waals surface area contributed by atoms with Gasteiger partial charge in [0.2, 0.25) is 0 Å². The molecular formula is C13H13NS. The van der Waals surface area contributed by atoms with Crippen LogP contribution in [0.5, 0.6) is 0 Å². The maximum absolute atomic E-state index is 4.25. The Kier molecular flexibility index (Phi) is 3.69. The van der Waals surface area contributed by atoms with Gasteiger partial charge in [-0.15, -0.1) is 11.3 Å². The van der Waals surface area contributed by atoms with Crippen molar-refractivity contribution in [1.82, 2.24) is 4.98 Å². The maximum atomic E-state index is 4.25. The van der Waals surface area contributed by atoms with Crippen LogP contribution in [0.1, 0.15) is 17.0 Å². The number of thiazole rings is 1. The van der Waals surface area contributed by atoms with Crippen molar-refractivity contribution in [2.24, 2.45) is 0 Å². The van der Waals surface area contributed by atoms with Crippen molar-refractivity contribution in [3.63, 3.8) is 0 Å². The fourth-order valence-corrected chi connectivity index (χ4v) is 2.00. The summed E-state index contributed by atoms with van der Waals surface area (Å²) in [5.41, 5.74) is 1.26. The van der Waals surface area contributed by atoms with E-state index in [1.807, 2.05) is 17.6 Å². The second kappa shape index (κ2) is 5.47. The molecule has 0 atom stereocenters. The van der Waals surface area contributed by atoms with Gasteiger partial charge in [-0.1, -0.05) is 42.5 Å². The van der Waals surface area contributed by atoms with Crippen molar-refractivity contribution >= 4 is 17.4 Å². The molecule has 0 aliphatic heterocycles. The van der Waals surface area contributed by atoms with Gasteiger partial charge in [0.25, 0.3) is 0 Å². The SMILES string of the molecule is C(=C\c1ccccc1)/CCc1nccs1. The van der Waals surface area contributed by atoms with Crippen LogP contribution in [0.4, 0.5) is 0 Å². The van der Waals surface area contributed by atoms with Crippen LogP contribution >= 0.6 is 11.3 Å². The molecule has 0 saturated heterocycles. The van der Waals surface area contributed by atoms with E-state index in [1.54, 1.807) is 11.3 Å². The Morgan fingerprint density at radius 2 is 2.07 bits per heavy atom. The molecule has 2 rings (SSSR count). The Morgan fingerprint density at radius 1 is 1.20 bits per heavy atom. The largest absolute Gasteiger partial charge is 0.250 e. The number of allylic oxidation sites excluding steroid dienone is 1. The van der Waals surface area contributed by atoms with Gasteiger partial charge in [0.05, 0.1) is 5.01 Å². The molecule has 0 saturated carbocycles. The summed E-state index contributed by atoms with van der Waals surface area (Å²) < 4.78 is 0.